The summed E-state index contributed by atoms with van der Waals surface area (Å²) in [6.07, 6.45) is 4.48. The van der Waals surface area contributed by atoms with Crippen LogP contribution in [-0.2, 0) is 9.47 Å². The fourth-order valence-corrected chi connectivity index (χ4v) is 4.47. The quantitative estimate of drug-likeness (QED) is 0.834. The molecular formula is C14H27NO2S. The Morgan fingerprint density at radius 2 is 2.06 bits per heavy atom. The van der Waals surface area contributed by atoms with Gasteiger partial charge >= 0.3 is 0 Å². The molecule has 2 fully saturated rings. The fraction of sp³-hybridized carbons (Fsp3) is 1.00. The molecule has 1 spiro atoms. The molecule has 1 saturated carbocycles. The van der Waals surface area contributed by atoms with Gasteiger partial charge in [-0.2, -0.15) is 11.8 Å². The third kappa shape index (κ3) is 3.41. The van der Waals surface area contributed by atoms with Gasteiger partial charge in [-0.15, -0.1) is 0 Å². The molecule has 3 unspecified atom stereocenters. The van der Waals surface area contributed by atoms with Crippen LogP contribution in [0.3, 0.4) is 0 Å². The van der Waals surface area contributed by atoms with Crippen molar-refractivity contribution in [3.05, 3.63) is 0 Å². The summed E-state index contributed by atoms with van der Waals surface area (Å²) < 4.78 is 11.8. The van der Waals surface area contributed by atoms with E-state index < -0.39 is 0 Å². The minimum Gasteiger partial charge on any atom is -0.347 e. The Labute approximate surface area is 115 Å². The molecule has 1 heterocycles. The molecule has 1 aliphatic carbocycles. The molecule has 2 rings (SSSR count). The summed E-state index contributed by atoms with van der Waals surface area (Å²) >= 11 is 2.11. The Morgan fingerprint density at radius 1 is 1.33 bits per heavy atom. The van der Waals surface area contributed by atoms with Gasteiger partial charge in [-0.3, -0.25) is 0 Å². The minimum absolute atomic E-state index is 0.253. The molecule has 0 aromatic rings. The summed E-state index contributed by atoms with van der Waals surface area (Å²) in [5, 5.41) is 4.97. The fourth-order valence-electron chi connectivity index (χ4n) is 2.90. The number of hydrogen-bond acceptors (Lipinski definition) is 4. The molecule has 4 heteroatoms. The lowest BCUT2D eigenvalue weighted by atomic mass is 9.89. The van der Waals surface area contributed by atoms with Crippen molar-refractivity contribution in [1.82, 2.24) is 5.32 Å². The van der Waals surface area contributed by atoms with Gasteiger partial charge < -0.3 is 14.8 Å². The average molecular weight is 273 g/mol. The summed E-state index contributed by atoms with van der Waals surface area (Å²) in [7, 11) is 0. The van der Waals surface area contributed by atoms with E-state index in [0.717, 1.165) is 32.6 Å². The summed E-state index contributed by atoms with van der Waals surface area (Å²) in [4.78, 5) is 0. The molecule has 1 aliphatic heterocycles. The summed E-state index contributed by atoms with van der Waals surface area (Å²) in [5.74, 6) is -0.253. The van der Waals surface area contributed by atoms with Crippen LogP contribution >= 0.6 is 11.8 Å². The first-order valence-electron chi connectivity index (χ1n) is 7.36. The second-order valence-electron chi connectivity index (χ2n) is 5.41. The predicted molar refractivity (Wildman–Crippen MR) is 77.1 cm³/mol. The van der Waals surface area contributed by atoms with Gasteiger partial charge in [-0.25, -0.2) is 0 Å². The van der Waals surface area contributed by atoms with Gasteiger partial charge in [0.2, 0.25) is 0 Å². The van der Waals surface area contributed by atoms with Crippen LogP contribution in [0, 0.1) is 0 Å². The van der Waals surface area contributed by atoms with E-state index in [1.807, 2.05) is 0 Å². The van der Waals surface area contributed by atoms with Crippen molar-refractivity contribution in [2.24, 2.45) is 0 Å². The standard InChI is InChI=1S/C14H27NO2S/c1-4-11(3)18-13-10-14(16-8-9-17-14)7-6-12(13)15-5-2/h11-13,15H,4-10H2,1-3H3. The largest absolute Gasteiger partial charge is 0.347 e. The van der Waals surface area contributed by atoms with E-state index in [2.05, 4.69) is 37.8 Å². The first kappa shape index (κ1) is 14.6. The topological polar surface area (TPSA) is 30.5 Å². The van der Waals surface area contributed by atoms with Crippen molar-refractivity contribution in [1.29, 1.82) is 0 Å². The first-order valence-corrected chi connectivity index (χ1v) is 8.30. The predicted octanol–water partition coefficient (Wildman–Crippen LogP) is 2.79. The number of nitrogens with one attached hydrogen (secondary N) is 1. The molecular weight excluding hydrogens is 246 g/mol. The van der Waals surface area contributed by atoms with E-state index in [1.165, 1.54) is 12.8 Å². The molecule has 0 aromatic carbocycles. The lowest BCUT2D eigenvalue weighted by Crippen LogP contribution is -2.50. The van der Waals surface area contributed by atoms with Crippen LogP contribution in [0.15, 0.2) is 0 Å². The number of ether oxygens (including phenoxy) is 2. The lowest BCUT2D eigenvalue weighted by molar-refractivity contribution is -0.178. The Balaban J connectivity index is 1.98. The molecule has 3 atom stereocenters. The zero-order valence-corrected chi connectivity index (χ0v) is 12.7. The van der Waals surface area contributed by atoms with Gasteiger partial charge in [0.05, 0.1) is 13.2 Å². The average Bonchev–Trinajstić information content (AvgIpc) is 2.81. The molecule has 2 aliphatic rings. The normalized spacial score (nSPS) is 32.8. The molecule has 18 heavy (non-hydrogen) atoms. The lowest BCUT2D eigenvalue weighted by Gasteiger charge is -2.41. The third-order valence-corrected chi connectivity index (χ3v) is 5.70. The van der Waals surface area contributed by atoms with E-state index in [9.17, 15) is 0 Å². The summed E-state index contributed by atoms with van der Waals surface area (Å²) in [5.41, 5.74) is 0. The van der Waals surface area contributed by atoms with Crippen LogP contribution in [0.5, 0.6) is 0 Å². The molecule has 0 radical (unpaired) electrons. The molecule has 3 nitrogen and oxygen atoms in total. The van der Waals surface area contributed by atoms with Gasteiger partial charge in [0.25, 0.3) is 0 Å². The van der Waals surface area contributed by atoms with Gasteiger partial charge in [0, 0.05) is 29.4 Å². The molecule has 1 saturated heterocycles. The van der Waals surface area contributed by atoms with Gasteiger partial charge in [-0.05, 0) is 19.4 Å². The number of rotatable bonds is 5. The number of thioether (sulfide) groups is 1. The molecule has 1 N–H and O–H groups in total. The number of hydrogen-bond donors (Lipinski definition) is 1. The van der Waals surface area contributed by atoms with E-state index in [1.54, 1.807) is 0 Å². The molecule has 0 bridgehead atoms. The van der Waals surface area contributed by atoms with Crippen LogP contribution in [0.25, 0.3) is 0 Å². The highest BCUT2D eigenvalue weighted by Gasteiger charge is 2.45. The zero-order chi connectivity index (χ0) is 13.0. The van der Waals surface area contributed by atoms with Gasteiger partial charge in [0.15, 0.2) is 5.79 Å². The highest BCUT2D eigenvalue weighted by molar-refractivity contribution is 8.00. The van der Waals surface area contributed by atoms with Crippen molar-refractivity contribution in [3.8, 4) is 0 Å². The minimum atomic E-state index is -0.253. The third-order valence-electron chi connectivity index (χ3n) is 4.06. The van der Waals surface area contributed by atoms with Crippen molar-refractivity contribution < 1.29 is 9.47 Å². The van der Waals surface area contributed by atoms with Crippen molar-refractivity contribution in [2.75, 3.05) is 19.8 Å². The van der Waals surface area contributed by atoms with Crippen molar-refractivity contribution >= 4 is 11.8 Å². The van der Waals surface area contributed by atoms with E-state index in [-0.39, 0.29) is 5.79 Å². The molecule has 106 valence electrons. The smallest absolute Gasteiger partial charge is 0.169 e. The van der Waals surface area contributed by atoms with Crippen LogP contribution in [-0.4, -0.2) is 42.1 Å². The van der Waals surface area contributed by atoms with Crippen molar-refractivity contribution in [3.63, 3.8) is 0 Å². The van der Waals surface area contributed by atoms with E-state index in [0.29, 0.717) is 16.5 Å². The van der Waals surface area contributed by atoms with Gasteiger partial charge in [0.1, 0.15) is 0 Å². The Hall–Kier alpha value is 0.230. The summed E-state index contributed by atoms with van der Waals surface area (Å²) in [6.45, 7) is 9.38. The second kappa shape index (κ2) is 6.60. The molecule has 0 aromatic heterocycles. The van der Waals surface area contributed by atoms with Gasteiger partial charge in [-0.1, -0.05) is 20.8 Å². The monoisotopic (exact) mass is 273 g/mol. The second-order valence-corrected chi connectivity index (χ2v) is 7.09. The summed E-state index contributed by atoms with van der Waals surface area (Å²) in [6, 6.07) is 0.618. The SMILES string of the molecule is CCNC1CCC2(CC1SC(C)CC)OCCO2. The first-order chi connectivity index (χ1) is 8.69. The Morgan fingerprint density at radius 3 is 2.67 bits per heavy atom. The Kier molecular flexibility index (Phi) is 5.36. The van der Waals surface area contributed by atoms with Crippen LogP contribution in [0.2, 0.25) is 0 Å². The molecule has 0 amide bonds. The maximum absolute atomic E-state index is 5.89. The van der Waals surface area contributed by atoms with Crippen LogP contribution in [0.4, 0.5) is 0 Å². The van der Waals surface area contributed by atoms with Crippen LogP contribution < -0.4 is 5.32 Å². The highest BCUT2D eigenvalue weighted by Crippen LogP contribution is 2.41. The Bertz CT molecular complexity index is 256. The maximum Gasteiger partial charge on any atom is 0.169 e. The van der Waals surface area contributed by atoms with Crippen molar-refractivity contribution in [2.45, 2.75) is 68.8 Å². The maximum atomic E-state index is 5.89. The van der Waals surface area contributed by atoms with E-state index >= 15 is 0 Å². The zero-order valence-electron chi connectivity index (χ0n) is 11.9. The highest BCUT2D eigenvalue weighted by atomic mass is 32.2. The van der Waals surface area contributed by atoms with E-state index in [4.69, 9.17) is 9.47 Å². The van der Waals surface area contributed by atoms with Crippen LogP contribution in [0.1, 0.15) is 46.5 Å².